The molecule has 1 saturated heterocycles. The Morgan fingerprint density at radius 1 is 1.65 bits per heavy atom. The quantitative estimate of drug-likeness (QED) is 0.831. The van der Waals surface area contributed by atoms with E-state index < -0.39 is 5.54 Å². The fraction of sp³-hybridized carbons (Fsp3) is 0.364. The summed E-state index contributed by atoms with van der Waals surface area (Å²) < 4.78 is 0. The average molecular weight is 268 g/mol. The molecule has 0 aliphatic carbocycles. The van der Waals surface area contributed by atoms with Crippen LogP contribution in [0.15, 0.2) is 18.2 Å². The largest absolute Gasteiger partial charge is 0.332 e. The number of halogens is 1. The number of thioether (sulfide) groups is 1. The highest BCUT2D eigenvalue weighted by Gasteiger charge is 2.36. The van der Waals surface area contributed by atoms with Gasteiger partial charge in [-0.2, -0.15) is 17.0 Å². The average Bonchev–Trinajstić information content (AvgIpc) is 2.78. The predicted molar refractivity (Wildman–Crippen MR) is 67.0 cm³/mol. The fourth-order valence-corrected chi connectivity index (χ4v) is 3.03. The second kappa shape index (κ2) is 4.94. The molecular weight excluding hydrogens is 258 g/mol. The molecule has 1 unspecified atom stereocenters. The van der Waals surface area contributed by atoms with E-state index in [2.05, 4.69) is 16.4 Å². The maximum Gasteiger partial charge on any atom is 0.271 e. The molecule has 1 aromatic heterocycles. The Balaban J connectivity index is 2.14. The van der Waals surface area contributed by atoms with E-state index in [1.165, 1.54) is 0 Å². The van der Waals surface area contributed by atoms with Crippen molar-refractivity contribution in [2.45, 2.75) is 12.0 Å². The van der Waals surface area contributed by atoms with Crippen LogP contribution in [-0.2, 0) is 0 Å². The number of amides is 1. The highest BCUT2D eigenvalue weighted by molar-refractivity contribution is 7.99. The minimum atomic E-state index is -0.758. The van der Waals surface area contributed by atoms with Crippen LogP contribution in [-0.4, -0.2) is 27.9 Å². The van der Waals surface area contributed by atoms with Gasteiger partial charge in [0, 0.05) is 5.75 Å². The SMILES string of the molecule is N#CC1(NC(=O)c2cccc(Cl)n2)CCSC1. The van der Waals surface area contributed by atoms with Crippen LogP contribution < -0.4 is 5.32 Å². The molecular formula is C11H10ClN3OS. The Labute approximate surface area is 108 Å². The molecule has 4 nitrogen and oxygen atoms in total. The Bertz CT molecular complexity index is 480. The van der Waals surface area contributed by atoms with Crippen molar-refractivity contribution in [1.29, 1.82) is 5.26 Å². The lowest BCUT2D eigenvalue weighted by Gasteiger charge is -2.20. The van der Waals surface area contributed by atoms with E-state index in [1.807, 2.05) is 0 Å². The third-order valence-corrected chi connectivity index (χ3v) is 3.94. The maximum absolute atomic E-state index is 11.9. The van der Waals surface area contributed by atoms with Gasteiger partial charge in [-0.25, -0.2) is 4.98 Å². The summed E-state index contributed by atoms with van der Waals surface area (Å²) in [6.45, 7) is 0. The fourth-order valence-electron chi connectivity index (χ4n) is 1.60. The molecule has 1 amide bonds. The first kappa shape index (κ1) is 12.2. The van der Waals surface area contributed by atoms with E-state index in [-0.39, 0.29) is 16.8 Å². The van der Waals surface area contributed by atoms with E-state index in [9.17, 15) is 4.79 Å². The van der Waals surface area contributed by atoms with Crippen LogP contribution in [0.25, 0.3) is 0 Å². The van der Waals surface area contributed by atoms with Gasteiger partial charge in [0.1, 0.15) is 16.4 Å². The van der Waals surface area contributed by atoms with E-state index >= 15 is 0 Å². The third-order valence-electron chi connectivity index (χ3n) is 2.54. The normalized spacial score (nSPS) is 23.1. The van der Waals surface area contributed by atoms with Gasteiger partial charge < -0.3 is 5.32 Å². The van der Waals surface area contributed by atoms with Crippen molar-refractivity contribution in [1.82, 2.24) is 10.3 Å². The van der Waals surface area contributed by atoms with Crippen LogP contribution in [0.2, 0.25) is 5.15 Å². The summed E-state index contributed by atoms with van der Waals surface area (Å²) in [5.74, 6) is 1.16. The Morgan fingerprint density at radius 2 is 2.47 bits per heavy atom. The highest BCUT2D eigenvalue weighted by atomic mass is 35.5. The van der Waals surface area contributed by atoms with Crippen LogP contribution in [0.5, 0.6) is 0 Å². The van der Waals surface area contributed by atoms with Crippen LogP contribution in [0.3, 0.4) is 0 Å². The monoisotopic (exact) mass is 267 g/mol. The van der Waals surface area contributed by atoms with Gasteiger partial charge >= 0.3 is 0 Å². The zero-order valence-corrected chi connectivity index (χ0v) is 10.5. The molecule has 17 heavy (non-hydrogen) atoms. The zero-order chi connectivity index (χ0) is 12.3. The number of carbonyl (C=O) groups is 1. The summed E-state index contributed by atoms with van der Waals surface area (Å²) in [5, 5.41) is 12.2. The summed E-state index contributed by atoms with van der Waals surface area (Å²) in [6.07, 6.45) is 0.667. The molecule has 1 aliphatic heterocycles. The maximum atomic E-state index is 11.9. The van der Waals surface area contributed by atoms with E-state index in [0.717, 1.165) is 5.75 Å². The molecule has 0 spiro atoms. The number of pyridine rings is 1. The number of nitrogens with one attached hydrogen (secondary N) is 1. The Hall–Kier alpha value is -1.25. The van der Waals surface area contributed by atoms with Crippen molar-refractivity contribution in [2.24, 2.45) is 0 Å². The first-order chi connectivity index (χ1) is 8.15. The molecule has 0 aromatic carbocycles. The standard InChI is InChI=1S/C11H10ClN3OS/c12-9-3-1-2-8(14-9)10(16)15-11(6-13)4-5-17-7-11/h1-3H,4-5,7H2,(H,15,16). The van der Waals surface area contributed by atoms with Crippen molar-refractivity contribution in [3.63, 3.8) is 0 Å². The second-order valence-corrected chi connectivity index (χ2v) is 5.29. The third kappa shape index (κ3) is 2.71. The van der Waals surface area contributed by atoms with Crippen LogP contribution in [0.4, 0.5) is 0 Å². The summed E-state index contributed by atoms with van der Waals surface area (Å²) in [5.41, 5.74) is -0.518. The van der Waals surface area contributed by atoms with Crippen molar-refractivity contribution in [3.05, 3.63) is 29.0 Å². The minimum absolute atomic E-state index is 0.240. The molecule has 0 saturated carbocycles. The van der Waals surface area contributed by atoms with Gasteiger partial charge in [0.25, 0.3) is 5.91 Å². The number of hydrogen-bond acceptors (Lipinski definition) is 4. The number of nitriles is 1. The first-order valence-electron chi connectivity index (χ1n) is 5.09. The molecule has 2 rings (SSSR count). The smallest absolute Gasteiger partial charge is 0.271 e. The van der Waals surface area contributed by atoms with Crippen LogP contribution in [0, 0.1) is 11.3 Å². The van der Waals surface area contributed by atoms with Gasteiger partial charge in [0.05, 0.1) is 6.07 Å². The van der Waals surface area contributed by atoms with Gasteiger partial charge in [-0.05, 0) is 24.3 Å². The molecule has 0 bridgehead atoms. The molecule has 1 N–H and O–H groups in total. The highest BCUT2D eigenvalue weighted by Crippen LogP contribution is 2.27. The predicted octanol–water partition coefficient (Wildman–Crippen LogP) is 1.86. The van der Waals surface area contributed by atoms with Crippen molar-refractivity contribution >= 4 is 29.3 Å². The minimum Gasteiger partial charge on any atom is -0.332 e. The summed E-state index contributed by atoms with van der Waals surface area (Å²) >= 11 is 7.38. The molecule has 6 heteroatoms. The Morgan fingerprint density at radius 3 is 3.06 bits per heavy atom. The molecule has 1 aromatic rings. The number of aromatic nitrogens is 1. The summed E-state index contributed by atoms with van der Waals surface area (Å²) in [7, 11) is 0. The van der Waals surface area contributed by atoms with E-state index in [0.29, 0.717) is 12.2 Å². The summed E-state index contributed by atoms with van der Waals surface area (Å²) in [4.78, 5) is 15.8. The molecule has 1 atom stereocenters. The number of nitrogens with zero attached hydrogens (tertiary/aromatic N) is 2. The van der Waals surface area contributed by atoms with Crippen LogP contribution in [0.1, 0.15) is 16.9 Å². The Kier molecular flexibility index (Phi) is 3.55. The number of carbonyl (C=O) groups excluding carboxylic acids is 1. The second-order valence-electron chi connectivity index (χ2n) is 3.80. The van der Waals surface area contributed by atoms with Crippen molar-refractivity contribution in [3.8, 4) is 6.07 Å². The lowest BCUT2D eigenvalue weighted by molar-refractivity contribution is 0.0921. The first-order valence-corrected chi connectivity index (χ1v) is 6.63. The lowest BCUT2D eigenvalue weighted by atomic mass is 10.0. The number of hydrogen-bond donors (Lipinski definition) is 1. The molecule has 2 heterocycles. The van der Waals surface area contributed by atoms with E-state index in [1.54, 1.807) is 30.0 Å². The molecule has 1 aliphatic rings. The molecule has 0 radical (unpaired) electrons. The van der Waals surface area contributed by atoms with Gasteiger partial charge in [-0.3, -0.25) is 4.79 Å². The lowest BCUT2D eigenvalue weighted by Crippen LogP contribution is -2.47. The van der Waals surface area contributed by atoms with Crippen molar-refractivity contribution < 1.29 is 4.79 Å². The number of rotatable bonds is 2. The summed E-state index contributed by atoms with van der Waals surface area (Å²) in [6, 6.07) is 7.02. The van der Waals surface area contributed by atoms with Gasteiger partial charge in [-0.1, -0.05) is 17.7 Å². The molecule has 1 fully saturated rings. The van der Waals surface area contributed by atoms with Gasteiger partial charge in [0.15, 0.2) is 0 Å². The topological polar surface area (TPSA) is 65.8 Å². The molecule has 88 valence electrons. The van der Waals surface area contributed by atoms with Gasteiger partial charge in [-0.15, -0.1) is 0 Å². The van der Waals surface area contributed by atoms with Crippen molar-refractivity contribution in [2.75, 3.05) is 11.5 Å². The van der Waals surface area contributed by atoms with Gasteiger partial charge in [0.2, 0.25) is 0 Å². The van der Waals surface area contributed by atoms with Crippen LogP contribution >= 0.6 is 23.4 Å². The van der Waals surface area contributed by atoms with E-state index in [4.69, 9.17) is 16.9 Å². The zero-order valence-electron chi connectivity index (χ0n) is 8.94.